The van der Waals surface area contributed by atoms with E-state index in [2.05, 4.69) is 19.2 Å². The quantitative estimate of drug-likeness (QED) is 0.560. The number of carbonyl (C=O) groups excluding carboxylic acids is 1. The molecule has 7 nitrogen and oxygen atoms in total. The van der Waals surface area contributed by atoms with Crippen molar-refractivity contribution in [1.82, 2.24) is 5.32 Å². The molecule has 2 N–H and O–H groups in total. The largest absolute Gasteiger partial charge is 0.433 e. The molecule has 7 heteroatoms. The number of hydrogen-bond donors (Lipinski definition) is 2. The van der Waals surface area contributed by atoms with Gasteiger partial charge < -0.3 is 14.8 Å². The van der Waals surface area contributed by atoms with Crippen LogP contribution in [-0.2, 0) is 0 Å². The van der Waals surface area contributed by atoms with Crippen LogP contribution in [0.1, 0.15) is 37.2 Å². The smallest absolute Gasteiger partial charge is 0.396 e. The van der Waals surface area contributed by atoms with E-state index in [0.717, 1.165) is 12.5 Å². The second-order valence-corrected chi connectivity index (χ2v) is 5.11. The maximum absolute atomic E-state index is 11.8. The topological polar surface area (TPSA) is 106 Å². The predicted molar refractivity (Wildman–Crippen MR) is 72.3 cm³/mol. The third-order valence-corrected chi connectivity index (χ3v) is 2.89. The van der Waals surface area contributed by atoms with Gasteiger partial charge in [-0.15, -0.1) is 0 Å². The van der Waals surface area contributed by atoms with E-state index in [1.165, 1.54) is 6.07 Å². The van der Waals surface area contributed by atoms with Crippen LogP contribution in [0.4, 0.5) is 5.88 Å². The molecule has 0 fully saturated rings. The molecular formula is C13H20N2O5. The zero-order valence-electron chi connectivity index (χ0n) is 11.7. The molecule has 0 aromatic carbocycles. The van der Waals surface area contributed by atoms with Gasteiger partial charge in [0, 0.05) is 13.2 Å². The monoisotopic (exact) mass is 284 g/mol. The first kappa shape index (κ1) is 16.2. The van der Waals surface area contributed by atoms with Gasteiger partial charge in [0.05, 0.1) is 6.07 Å². The fraction of sp³-hybridized carbons (Fsp3) is 0.615. The molecule has 1 aromatic rings. The summed E-state index contributed by atoms with van der Waals surface area (Å²) in [6.45, 7) is 4.62. The molecule has 1 atom stereocenters. The van der Waals surface area contributed by atoms with Gasteiger partial charge in [-0.1, -0.05) is 13.8 Å². The number of amides is 1. The lowest BCUT2D eigenvalue weighted by atomic mass is 9.94. The summed E-state index contributed by atoms with van der Waals surface area (Å²) in [7, 11) is 0. The fourth-order valence-electron chi connectivity index (χ4n) is 2.02. The van der Waals surface area contributed by atoms with Gasteiger partial charge in [0.2, 0.25) is 0 Å². The number of furan rings is 1. The summed E-state index contributed by atoms with van der Waals surface area (Å²) in [4.78, 5) is 21.6. The minimum Gasteiger partial charge on any atom is -0.396 e. The number of nitro groups is 1. The molecule has 0 saturated heterocycles. The van der Waals surface area contributed by atoms with Crippen molar-refractivity contribution in [3.8, 4) is 0 Å². The number of aliphatic hydroxyl groups excluding tert-OH is 1. The lowest BCUT2D eigenvalue weighted by molar-refractivity contribution is -0.402. The van der Waals surface area contributed by atoms with E-state index in [1.54, 1.807) is 0 Å². The van der Waals surface area contributed by atoms with Gasteiger partial charge in [-0.3, -0.25) is 14.9 Å². The number of carbonyl (C=O) groups is 1. The van der Waals surface area contributed by atoms with Gasteiger partial charge in [-0.2, -0.15) is 0 Å². The Labute approximate surface area is 117 Å². The van der Waals surface area contributed by atoms with Crippen LogP contribution in [0.25, 0.3) is 0 Å². The highest BCUT2D eigenvalue weighted by atomic mass is 16.6. The molecule has 112 valence electrons. The van der Waals surface area contributed by atoms with Crippen LogP contribution in [-0.4, -0.2) is 29.1 Å². The first-order valence-electron chi connectivity index (χ1n) is 6.57. The molecule has 0 aliphatic heterocycles. The fourth-order valence-corrected chi connectivity index (χ4v) is 2.02. The van der Waals surface area contributed by atoms with E-state index in [9.17, 15) is 14.9 Å². The SMILES string of the molecule is CC(C)CC(CCO)CNC(=O)c1ccc([N+](=O)[O-])o1. The lowest BCUT2D eigenvalue weighted by Gasteiger charge is -2.18. The number of aliphatic hydroxyl groups is 1. The Kier molecular flexibility index (Phi) is 6.17. The van der Waals surface area contributed by atoms with Gasteiger partial charge in [0.1, 0.15) is 4.92 Å². The third kappa shape index (κ3) is 5.00. The zero-order chi connectivity index (χ0) is 15.1. The zero-order valence-corrected chi connectivity index (χ0v) is 11.7. The highest BCUT2D eigenvalue weighted by Gasteiger charge is 2.18. The Hall–Kier alpha value is -1.89. The van der Waals surface area contributed by atoms with Crippen LogP contribution in [0.2, 0.25) is 0 Å². The van der Waals surface area contributed by atoms with Crippen LogP contribution in [0.15, 0.2) is 16.5 Å². The molecule has 1 rings (SSSR count). The number of hydrogen-bond acceptors (Lipinski definition) is 5. The van der Waals surface area contributed by atoms with E-state index in [0.29, 0.717) is 18.9 Å². The Morgan fingerprint density at radius 2 is 2.20 bits per heavy atom. The summed E-state index contributed by atoms with van der Waals surface area (Å²) < 4.78 is 4.82. The molecule has 0 saturated carbocycles. The van der Waals surface area contributed by atoms with Crippen molar-refractivity contribution in [2.75, 3.05) is 13.2 Å². The molecule has 0 aliphatic carbocycles. The average Bonchev–Trinajstić information content (AvgIpc) is 2.85. The Bertz CT molecular complexity index is 455. The minimum absolute atomic E-state index is 0.0689. The van der Waals surface area contributed by atoms with E-state index in [-0.39, 0.29) is 18.3 Å². The van der Waals surface area contributed by atoms with Crippen molar-refractivity contribution in [2.24, 2.45) is 11.8 Å². The molecule has 1 amide bonds. The Balaban J connectivity index is 2.53. The first-order chi connectivity index (χ1) is 9.43. The van der Waals surface area contributed by atoms with Crippen LogP contribution in [0.5, 0.6) is 0 Å². The summed E-state index contributed by atoms with van der Waals surface area (Å²) in [5, 5.41) is 22.1. The van der Waals surface area contributed by atoms with Crippen molar-refractivity contribution in [3.63, 3.8) is 0 Å². The highest BCUT2D eigenvalue weighted by molar-refractivity contribution is 5.91. The second-order valence-electron chi connectivity index (χ2n) is 5.11. The molecule has 0 spiro atoms. The van der Waals surface area contributed by atoms with Crippen LogP contribution in [0.3, 0.4) is 0 Å². The molecule has 0 bridgehead atoms. The van der Waals surface area contributed by atoms with Crippen molar-refractivity contribution in [2.45, 2.75) is 26.7 Å². The number of nitrogens with one attached hydrogen (secondary N) is 1. The van der Waals surface area contributed by atoms with Crippen LogP contribution in [0, 0.1) is 22.0 Å². The van der Waals surface area contributed by atoms with E-state index in [1.807, 2.05) is 0 Å². The molecule has 0 radical (unpaired) electrons. The average molecular weight is 284 g/mol. The van der Waals surface area contributed by atoms with E-state index < -0.39 is 16.7 Å². The molecule has 20 heavy (non-hydrogen) atoms. The normalized spacial score (nSPS) is 12.4. The van der Waals surface area contributed by atoms with Gasteiger partial charge in [-0.05, 0) is 30.7 Å². The summed E-state index contributed by atoms with van der Waals surface area (Å²) >= 11 is 0. The van der Waals surface area contributed by atoms with E-state index in [4.69, 9.17) is 9.52 Å². The summed E-state index contributed by atoms with van der Waals surface area (Å²) in [5.41, 5.74) is 0. The molecular weight excluding hydrogens is 264 g/mol. The van der Waals surface area contributed by atoms with E-state index >= 15 is 0 Å². The van der Waals surface area contributed by atoms with Crippen LogP contribution >= 0.6 is 0 Å². The first-order valence-corrected chi connectivity index (χ1v) is 6.57. The summed E-state index contributed by atoms with van der Waals surface area (Å²) in [6.07, 6.45) is 1.50. The molecule has 1 heterocycles. The summed E-state index contributed by atoms with van der Waals surface area (Å²) in [6, 6.07) is 2.42. The molecule has 0 aliphatic rings. The van der Waals surface area contributed by atoms with Crippen molar-refractivity contribution in [3.05, 3.63) is 28.0 Å². The standard InChI is InChI=1S/C13H20N2O5/c1-9(2)7-10(5-6-16)8-14-13(17)11-3-4-12(20-11)15(18)19/h3-4,9-10,16H,5-8H2,1-2H3,(H,14,17). The number of rotatable bonds is 8. The van der Waals surface area contributed by atoms with Gasteiger partial charge in [-0.25, -0.2) is 0 Å². The van der Waals surface area contributed by atoms with Crippen molar-refractivity contribution < 1.29 is 19.2 Å². The molecule has 1 aromatic heterocycles. The number of nitrogens with zero attached hydrogens (tertiary/aromatic N) is 1. The maximum atomic E-state index is 11.8. The van der Waals surface area contributed by atoms with Crippen LogP contribution < -0.4 is 5.32 Å². The Morgan fingerprint density at radius 1 is 1.50 bits per heavy atom. The summed E-state index contributed by atoms with van der Waals surface area (Å²) in [5.74, 6) is -0.375. The lowest BCUT2D eigenvalue weighted by Crippen LogP contribution is -2.30. The molecule has 1 unspecified atom stereocenters. The minimum atomic E-state index is -0.690. The predicted octanol–water partition coefficient (Wildman–Crippen LogP) is 1.96. The second kappa shape index (κ2) is 7.64. The van der Waals surface area contributed by atoms with Gasteiger partial charge in [0.25, 0.3) is 5.91 Å². The maximum Gasteiger partial charge on any atom is 0.433 e. The van der Waals surface area contributed by atoms with Gasteiger partial charge in [0.15, 0.2) is 5.76 Å². The van der Waals surface area contributed by atoms with Gasteiger partial charge >= 0.3 is 5.88 Å². The highest BCUT2D eigenvalue weighted by Crippen LogP contribution is 2.17. The van der Waals surface area contributed by atoms with Crippen molar-refractivity contribution in [1.29, 1.82) is 0 Å². The Morgan fingerprint density at radius 3 is 2.70 bits per heavy atom. The third-order valence-electron chi connectivity index (χ3n) is 2.89. The van der Waals surface area contributed by atoms with Crippen molar-refractivity contribution >= 4 is 11.8 Å².